The van der Waals surface area contributed by atoms with Crippen LogP contribution in [-0.4, -0.2) is 26.2 Å². The zero-order valence-corrected chi connectivity index (χ0v) is 11.4. The third-order valence-corrected chi connectivity index (χ3v) is 2.66. The molecule has 0 saturated heterocycles. The number of rotatable bonds is 7. The fourth-order valence-electron chi connectivity index (χ4n) is 1.39. The molecule has 0 heterocycles. The maximum Gasteiger partial charge on any atom is 0.308 e. The van der Waals surface area contributed by atoms with Gasteiger partial charge in [0.05, 0.1) is 25.2 Å². The number of ether oxygens (including phenoxy) is 2. The van der Waals surface area contributed by atoms with E-state index in [1.54, 1.807) is 0 Å². The number of benzene rings is 1. The van der Waals surface area contributed by atoms with Crippen molar-refractivity contribution in [1.82, 2.24) is 5.32 Å². The Balaban J connectivity index is 2.49. The lowest BCUT2D eigenvalue weighted by atomic mass is 10.2. The van der Waals surface area contributed by atoms with Crippen LogP contribution < -0.4 is 10.1 Å². The van der Waals surface area contributed by atoms with Crippen LogP contribution in [0, 0.1) is 0 Å². The molecule has 0 amide bonds. The summed E-state index contributed by atoms with van der Waals surface area (Å²) >= 11 is 6.09. The minimum Gasteiger partial charge on any atom is -0.491 e. The molecular formula is C13H18ClNO3. The van der Waals surface area contributed by atoms with Gasteiger partial charge in [0.2, 0.25) is 0 Å². The molecule has 18 heavy (non-hydrogen) atoms. The van der Waals surface area contributed by atoms with Crippen LogP contribution in [0.5, 0.6) is 5.75 Å². The van der Waals surface area contributed by atoms with Crippen molar-refractivity contribution in [3.8, 4) is 5.75 Å². The van der Waals surface area contributed by atoms with Crippen molar-refractivity contribution in [2.24, 2.45) is 0 Å². The zero-order chi connectivity index (χ0) is 13.4. The molecule has 0 aliphatic heterocycles. The monoisotopic (exact) mass is 271 g/mol. The van der Waals surface area contributed by atoms with E-state index in [1.807, 2.05) is 25.1 Å². The van der Waals surface area contributed by atoms with Gasteiger partial charge in [-0.25, -0.2) is 0 Å². The summed E-state index contributed by atoms with van der Waals surface area (Å²) in [7, 11) is 1.35. The van der Waals surface area contributed by atoms with Gasteiger partial charge in [-0.15, -0.1) is 0 Å². The molecule has 0 aromatic heterocycles. The van der Waals surface area contributed by atoms with Gasteiger partial charge in [0.1, 0.15) is 5.75 Å². The van der Waals surface area contributed by atoms with E-state index in [1.165, 1.54) is 7.11 Å². The minimum absolute atomic E-state index is 0.214. The highest BCUT2D eigenvalue weighted by Gasteiger charge is 2.05. The lowest BCUT2D eigenvalue weighted by molar-refractivity contribution is -0.141. The predicted molar refractivity (Wildman–Crippen MR) is 71.0 cm³/mol. The first kappa shape index (κ1) is 14.8. The number of carbonyl (C=O) groups excluding carboxylic acids is 1. The molecule has 0 saturated carbocycles. The highest BCUT2D eigenvalue weighted by molar-refractivity contribution is 6.32. The van der Waals surface area contributed by atoms with Crippen molar-refractivity contribution in [3.05, 3.63) is 28.8 Å². The molecule has 0 unspecified atom stereocenters. The van der Waals surface area contributed by atoms with Crippen LogP contribution in [-0.2, 0) is 16.1 Å². The largest absolute Gasteiger partial charge is 0.491 e. The maximum absolute atomic E-state index is 10.9. The van der Waals surface area contributed by atoms with Gasteiger partial charge < -0.3 is 14.8 Å². The minimum atomic E-state index is -0.296. The molecule has 5 heteroatoms. The van der Waals surface area contributed by atoms with Crippen LogP contribution >= 0.6 is 11.6 Å². The summed E-state index contributed by atoms with van der Waals surface area (Å²) in [5.74, 6) is 0.288. The Morgan fingerprint density at radius 2 is 2.22 bits per heavy atom. The van der Waals surface area contributed by atoms with Crippen LogP contribution in [0.1, 0.15) is 18.9 Å². The Labute approximate surface area is 112 Å². The summed E-state index contributed by atoms with van der Waals surface area (Å²) < 4.78 is 9.94. The average Bonchev–Trinajstić information content (AvgIpc) is 2.38. The van der Waals surface area contributed by atoms with Crippen molar-refractivity contribution in [1.29, 1.82) is 0 Å². The van der Waals surface area contributed by atoms with Crippen molar-refractivity contribution in [2.45, 2.75) is 19.9 Å². The summed E-state index contributed by atoms with van der Waals surface area (Å²) in [5.41, 5.74) is 1.10. The predicted octanol–water partition coefficient (Wildman–Crippen LogP) is 2.39. The number of nitrogens with one attached hydrogen (secondary N) is 1. The molecule has 100 valence electrons. The van der Waals surface area contributed by atoms with Gasteiger partial charge in [-0.1, -0.05) is 24.6 Å². The Hall–Kier alpha value is -1.26. The van der Waals surface area contributed by atoms with Crippen molar-refractivity contribution < 1.29 is 14.3 Å². The van der Waals surface area contributed by atoms with Gasteiger partial charge in [0, 0.05) is 6.54 Å². The molecular weight excluding hydrogens is 254 g/mol. The smallest absolute Gasteiger partial charge is 0.308 e. The van der Waals surface area contributed by atoms with Crippen molar-refractivity contribution >= 4 is 17.6 Å². The van der Waals surface area contributed by atoms with Gasteiger partial charge in [-0.2, -0.15) is 0 Å². The normalized spacial score (nSPS) is 10.2. The number of hydrogen-bond acceptors (Lipinski definition) is 4. The molecule has 1 N–H and O–H groups in total. The van der Waals surface area contributed by atoms with Gasteiger partial charge >= 0.3 is 5.97 Å². The van der Waals surface area contributed by atoms with Crippen LogP contribution in [0.2, 0.25) is 5.02 Å². The molecule has 0 fully saturated rings. The first-order valence-electron chi connectivity index (χ1n) is 5.86. The summed E-state index contributed by atoms with van der Waals surface area (Å²) in [4.78, 5) is 10.9. The number of halogens is 1. The Kier molecular flexibility index (Phi) is 6.54. The number of hydrogen-bond donors (Lipinski definition) is 1. The van der Waals surface area contributed by atoms with Gasteiger partial charge in [0.25, 0.3) is 0 Å². The van der Waals surface area contributed by atoms with Crippen molar-refractivity contribution in [3.63, 3.8) is 0 Å². The molecule has 0 aliphatic carbocycles. The van der Waals surface area contributed by atoms with E-state index in [0.717, 1.165) is 18.7 Å². The van der Waals surface area contributed by atoms with E-state index >= 15 is 0 Å². The lowest BCUT2D eigenvalue weighted by Crippen LogP contribution is -2.11. The third-order valence-electron chi connectivity index (χ3n) is 2.37. The third kappa shape index (κ3) is 4.94. The quantitative estimate of drug-likeness (QED) is 0.774. The van der Waals surface area contributed by atoms with Crippen LogP contribution in [0.15, 0.2) is 18.2 Å². The molecule has 0 atom stereocenters. The molecule has 1 aromatic rings. The van der Waals surface area contributed by atoms with Crippen LogP contribution in [0.3, 0.4) is 0 Å². The molecule has 0 spiro atoms. The zero-order valence-electron chi connectivity index (χ0n) is 10.7. The average molecular weight is 272 g/mol. The summed E-state index contributed by atoms with van der Waals surface area (Å²) in [6.45, 7) is 4.00. The van der Waals surface area contributed by atoms with E-state index in [9.17, 15) is 4.79 Å². The van der Waals surface area contributed by atoms with Crippen LogP contribution in [0.4, 0.5) is 0 Å². The van der Waals surface area contributed by atoms with Gasteiger partial charge in [0.15, 0.2) is 0 Å². The van der Waals surface area contributed by atoms with E-state index in [0.29, 0.717) is 10.8 Å². The van der Waals surface area contributed by atoms with Crippen molar-refractivity contribution in [2.75, 3.05) is 20.3 Å². The van der Waals surface area contributed by atoms with Crippen LogP contribution in [0.25, 0.3) is 0 Å². The first-order valence-corrected chi connectivity index (χ1v) is 6.24. The molecule has 4 nitrogen and oxygen atoms in total. The topological polar surface area (TPSA) is 47.6 Å². The fraction of sp³-hybridized carbons (Fsp3) is 0.462. The Bertz CT molecular complexity index is 396. The molecule has 0 radical (unpaired) electrons. The van der Waals surface area contributed by atoms with E-state index < -0.39 is 0 Å². The number of carbonyl (C=O) groups is 1. The van der Waals surface area contributed by atoms with E-state index in [2.05, 4.69) is 10.1 Å². The fourth-order valence-corrected chi connectivity index (χ4v) is 1.64. The van der Waals surface area contributed by atoms with Gasteiger partial charge in [-0.05, 0) is 24.2 Å². The molecule has 0 bridgehead atoms. The Morgan fingerprint density at radius 3 is 2.83 bits per heavy atom. The summed E-state index contributed by atoms with van der Waals surface area (Å²) in [6.07, 6.45) is 0.214. The number of esters is 1. The lowest BCUT2D eigenvalue weighted by Gasteiger charge is -2.09. The second kappa shape index (κ2) is 7.95. The maximum atomic E-state index is 10.9. The van der Waals surface area contributed by atoms with E-state index in [4.69, 9.17) is 16.3 Å². The second-order valence-electron chi connectivity index (χ2n) is 3.72. The SMILES string of the molecule is CCNCc1ccc(OCCC(=O)OC)c(Cl)c1. The van der Waals surface area contributed by atoms with E-state index in [-0.39, 0.29) is 19.0 Å². The van der Waals surface area contributed by atoms with Gasteiger partial charge in [-0.3, -0.25) is 4.79 Å². The molecule has 1 rings (SSSR count). The summed E-state index contributed by atoms with van der Waals surface area (Å²) in [6, 6.07) is 5.62. The molecule has 1 aromatic carbocycles. The summed E-state index contributed by atoms with van der Waals surface area (Å²) in [5, 5.41) is 3.77. The highest BCUT2D eigenvalue weighted by atomic mass is 35.5. The first-order chi connectivity index (χ1) is 8.67. The Morgan fingerprint density at radius 1 is 1.44 bits per heavy atom. The molecule has 0 aliphatic rings. The number of methoxy groups -OCH3 is 1. The standard InChI is InChI=1S/C13H18ClNO3/c1-3-15-9-10-4-5-12(11(14)8-10)18-7-6-13(16)17-2/h4-5,8,15H,3,6-7,9H2,1-2H3. The highest BCUT2D eigenvalue weighted by Crippen LogP contribution is 2.25. The second-order valence-corrected chi connectivity index (χ2v) is 4.13.